The van der Waals surface area contributed by atoms with E-state index in [-0.39, 0.29) is 21.4 Å². The van der Waals surface area contributed by atoms with E-state index in [2.05, 4.69) is 4.72 Å². The number of carbonyl (C=O) groups is 1. The fraction of sp³-hybridized carbons (Fsp3) is 0.278. The summed E-state index contributed by atoms with van der Waals surface area (Å²) in [7, 11) is -4.39. The summed E-state index contributed by atoms with van der Waals surface area (Å²) in [6.07, 6.45) is 2.74. The molecule has 10 heteroatoms. The van der Waals surface area contributed by atoms with Crippen molar-refractivity contribution in [3.63, 3.8) is 0 Å². The van der Waals surface area contributed by atoms with Crippen molar-refractivity contribution >= 4 is 50.6 Å². The molecule has 2 N–H and O–H groups in total. The summed E-state index contributed by atoms with van der Waals surface area (Å²) in [4.78, 5) is 12.7. The minimum atomic E-state index is -4.39. The second-order valence-corrected chi connectivity index (χ2v) is 8.82. The highest BCUT2D eigenvalue weighted by molar-refractivity contribution is 7.92. The van der Waals surface area contributed by atoms with E-state index < -0.39 is 32.3 Å². The molecule has 0 aromatic heterocycles. The van der Waals surface area contributed by atoms with E-state index in [1.165, 1.54) is 24.3 Å². The number of piperidine rings is 1. The Hall–Kier alpha value is -2.03. The van der Waals surface area contributed by atoms with Crippen molar-refractivity contribution in [2.45, 2.75) is 24.2 Å². The minimum Gasteiger partial charge on any atom is -0.478 e. The highest BCUT2D eigenvalue weighted by Crippen LogP contribution is 2.32. The van der Waals surface area contributed by atoms with E-state index in [1.807, 2.05) is 0 Å². The molecular formula is C18H17Cl2FN2O4S. The van der Waals surface area contributed by atoms with Crippen molar-refractivity contribution in [3.05, 3.63) is 51.8 Å². The smallest absolute Gasteiger partial charge is 0.340 e. The van der Waals surface area contributed by atoms with Crippen molar-refractivity contribution < 1.29 is 22.7 Å². The van der Waals surface area contributed by atoms with Crippen LogP contribution < -0.4 is 9.62 Å². The lowest BCUT2D eigenvalue weighted by molar-refractivity contribution is 0.0692. The van der Waals surface area contributed by atoms with Gasteiger partial charge in [0.25, 0.3) is 10.0 Å². The molecule has 150 valence electrons. The molecular weight excluding hydrogens is 430 g/mol. The molecule has 0 atom stereocenters. The molecule has 1 aliphatic rings. The van der Waals surface area contributed by atoms with Crippen LogP contribution in [-0.2, 0) is 10.0 Å². The molecule has 1 heterocycles. The topological polar surface area (TPSA) is 86.7 Å². The third kappa shape index (κ3) is 4.19. The molecule has 2 aromatic carbocycles. The molecule has 1 aliphatic heterocycles. The van der Waals surface area contributed by atoms with Crippen molar-refractivity contribution in [2.75, 3.05) is 22.7 Å². The van der Waals surface area contributed by atoms with Gasteiger partial charge >= 0.3 is 5.97 Å². The van der Waals surface area contributed by atoms with Gasteiger partial charge in [0.05, 0.1) is 21.4 Å². The lowest BCUT2D eigenvalue weighted by atomic mass is 10.1. The lowest BCUT2D eigenvalue weighted by Crippen LogP contribution is -2.31. The quantitative estimate of drug-likeness (QED) is 0.699. The largest absolute Gasteiger partial charge is 0.478 e. The normalized spacial score (nSPS) is 14.8. The minimum absolute atomic E-state index is 0.0748. The number of anilines is 2. The fourth-order valence-corrected chi connectivity index (χ4v) is 4.56. The van der Waals surface area contributed by atoms with Crippen LogP contribution in [0.2, 0.25) is 10.0 Å². The van der Waals surface area contributed by atoms with E-state index in [4.69, 9.17) is 23.2 Å². The Kier molecular flexibility index (Phi) is 6.02. The van der Waals surface area contributed by atoms with Crippen LogP contribution >= 0.6 is 23.2 Å². The van der Waals surface area contributed by atoms with Crippen molar-refractivity contribution in [1.82, 2.24) is 0 Å². The number of hydrogen-bond donors (Lipinski definition) is 2. The van der Waals surface area contributed by atoms with Crippen molar-refractivity contribution in [1.29, 1.82) is 0 Å². The Morgan fingerprint density at radius 2 is 1.75 bits per heavy atom. The summed E-state index contributed by atoms with van der Waals surface area (Å²) in [5.41, 5.74) is -0.400. The molecule has 2 aromatic rings. The van der Waals surface area contributed by atoms with E-state index in [1.54, 1.807) is 4.90 Å². The molecule has 0 bridgehead atoms. The standard InChI is InChI=1S/C18H17Cl2FN2O4S/c19-12-5-4-11(10-13(12)20)22-28(26,27)15-7-6-14(16(17(15)21)18(24)25)23-8-2-1-3-9-23/h4-7,10,22H,1-3,8-9H2,(H,24,25). The van der Waals surface area contributed by atoms with Crippen molar-refractivity contribution in [2.24, 2.45) is 0 Å². The number of sulfonamides is 1. The van der Waals surface area contributed by atoms with E-state index in [9.17, 15) is 18.3 Å². The SMILES string of the molecule is O=C(O)c1c(N2CCCCC2)ccc(S(=O)(=O)Nc2ccc(Cl)c(Cl)c2)c1F. The maximum atomic E-state index is 15.0. The molecule has 3 rings (SSSR count). The Labute approximate surface area is 171 Å². The first-order valence-corrected chi connectivity index (χ1v) is 10.7. The third-order valence-electron chi connectivity index (χ3n) is 4.46. The summed E-state index contributed by atoms with van der Waals surface area (Å²) < 4.78 is 42.5. The predicted octanol–water partition coefficient (Wildman–Crippen LogP) is 4.62. The first kappa shape index (κ1) is 20.7. The van der Waals surface area contributed by atoms with Gasteiger partial charge in [0.2, 0.25) is 0 Å². The molecule has 0 aliphatic carbocycles. The number of carboxylic acids is 1. The van der Waals surface area contributed by atoms with Gasteiger partial charge in [0.15, 0.2) is 5.82 Å². The molecule has 1 fully saturated rings. The second kappa shape index (κ2) is 8.14. The maximum Gasteiger partial charge on any atom is 0.340 e. The number of aromatic carboxylic acids is 1. The van der Waals surface area contributed by atoms with Gasteiger partial charge in [-0.15, -0.1) is 0 Å². The van der Waals surface area contributed by atoms with Gasteiger partial charge in [-0.05, 0) is 49.6 Å². The number of rotatable bonds is 5. The highest BCUT2D eigenvalue weighted by Gasteiger charge is 2.29. The summed E-state index contributed by atoms with van der Waals surface area (Å²) in [6, 6.07) is 6.44. The van der Waals surface area contributed by atoms with Crippen LogP contribution in [0, 0.1) is 5.82 Å². The van der Waals surface area contributed by atoms with Gasteiger partial charge in [-0.3, -0.25) is 4.72 Å². The Morgan fingerprint density at radius 1 is 1.07 bits per heavy atom. The zero-order valence-corrected chi connectivity index (χ0v) is 16.9. The summed E-state index contributed by atoms with van der Waals surface area (Å²) in [6.45, 7) is 1.18. The molecule has 0 amide bonds. The van der Waals surface area contributed by atoms with Crippen LogP contribution in [0.3, 0.4) is 0 Å². The van der Waals surface area contributed by atoms with Gasteiger partial charge in [-0.2, -0.15) is 0 Å². The van der Waals surface area contributed by atoms with Crippen molar-refractivity contribution in [3.8, 4) is 0 Å². The van der Waals surface area contributed by atoms with Crippen LogP contribution in [0.15, 0.2) is 35.2 Å². The number of nitrogens with zero attached hydrogens (tertiary/aromatic N) is 1. The number of carboxylic acid groups (broad SMARTS) is 1. The van der Waals surface area contributed by atoms with Gasteiger partial charge in [0.1, 0.15) is 10.5 Å². The first-order chi connectivity index (χ1) is 13.2. The molecule has 6 nitrogen and oxygen atoms in total. The average molecular weight is 447 g/mol. The van der Waals surface area contributed by atoms with Gasteiger partial charge in [0, 0.05) is 13.1 Å². The monoisotopic (exact) mass is 446 g/mol. The van der Waals surface area contributed by atoms with Gasteiger partial charge in [-0.1, -0.05) is 23.2 Å². The number of hydrogen-bond acceptors (Lipinski definition) is 4. The molecule has 0 radical (unpaired) electrons. The number of halogens is 3. The first-order valence-electron chi connectivity index (χ1n) is 8.49. The molecule has 28 heavy (non-hydrogen) atoms. The molecule has 1 saturated heterocycles. The molecule has 0 unspecified atom stereocenters. The molecule has 0 saturated carbocycles. The van der Waals surface area contributed by atoms with Gasteiger partial charge < -0.3 is 10.0 Å². The van der Waals surface area contributed by atoms with Crippen LogP contribution in [0.4, 0.5) is 15.8 Å². The van der Waals surface area contributed by atoms with Crippen LogP contribution in [0.1, 0.15) is 29.6 Å². The third-order valence-corrected chi connectivity index (χ3v) is 6.59. The van der Waals surface area contributed by atoms with Crippen LogP contribution in [-0.4, -0.2) is 32.6 Å². The Bertz CT molecular complexity index is 1020. The van der Waals surface area contributed by atoms with Crippen LogP contribution in [0.5, 0.6) is 0 Å². The number of benzene rings is 2. The van der Waals surface area contributed by atoms with E-state index in [0.717, 1.165) is 25.3 Å². The Morgan fingerprint density at radius 3 is 2.36 bits per heavy atom. The van der Waals surface area contributed by atoms with E-state index in [0.29, 0.717) is 13.1 Å². The summed E-state index contributed by atoms with van der Waals surface area (Å²) in [5, 5.41) is 9.86. The summed E-state index contributed by atoms with van der Waals surface area (Å²) in [5.74, 6) is -2.83. The second-order valence-electron chi connectivity index (χ2n) is 6.36. The number of nitrogens with one attached hydrogen (secondary N) is 1. The van der Waals surface area contributed by atoms with E-state index >= 15 is 4.39 Å². The lowest BCUT2D eigenvalue weighted by Gasteiger charge is -2.30. The zero-order valence-electron chi connectivity index (χ0n) is 14.6. The average Bonchev–Trinajstić information content (AvgIpc) is 2.64. The zero-order chi connectivity index (χ0) is 20.5. The molecule has 0 spiro atoms. The summed E-state index contributed by atoms with van der Waals surface area (Å²) >= 11 is 11.7. The van der Waals surface area contributed by atoms with Crippen LogP contribution in [0.25, 0.3) is 0 Å². The highest BCUT2D eigenvalue weighted by atomic mass is 35.5. The van der Waals surface area contributed by atoms with Gasteiger partial charge in [-0.25, -0.2) is 17.6 Å². The predicted molar refractivity (Wildman–Crippen MR) is 107 cm³/mol. The maximum absolute atomic E-state index is 15.0. The Balaban J connectivity index is 2.02. The fourth-order valence-electron chi connectivity index (χ4n) is 3.13.